The number of anilines is 1. The minimum Gasteiger partial charge on any atom is -0.406 e. The number of alkyl halides is 3. The summed E-state index contributed by atoms with van der Waals surface area (Å²) >= 11 is 1.14. The molecule has 0 radical (unpaired) electrons. The van der Waals surface area contributed by atoms with Crippen molar-refractivity contribution in [3.8, 4) is 5.75 Å². The lowest BCUT2D eigenvalue weighted by atomic mass is 10.3. The van der Waals surface area contributed by atoms with Crippen LogP contribution in [0.4, 0.5) is 18.3 Å². The van der Waals surface area contributed by atoms with Gasteiger partial charge in [0, 0.05) is 25.7 Å². The van der Waals surface area contributed by atoms with E-state index in [4.69, 9.17) is 0 Å². The lowest BCUT2D eigenvalue weighted by Crippen LogP contribution is -2.37. The molecule has 0 aliphatic heterocycles. The summed E-state index contributed by atoms with van der Waals surface area (Å²) in [4.78, 5) is 21.3. The number of rotatable bonds is 7. The minimum atomic E-state index is -4.77. The van der Waals surface area contributed by atoms with Gasteiger partial charge >= 0.3 is 6.36 Å². The highest BCUT2D eigenvalue weighted by molar-refractivity contribution is 7.22. The van der Waals surface area contributed by atoms with Gasteiger partial charge in [-0.25, -0.2) is 4.98 Å². The molecule has 162 valence electrons. The molecule has 7 nitrogen and oxygen atoms in total. The summed E-state index contributed by atoms with van der Waals surface area (Å²) in [5, 5.41) is 4.73. The van der Waals surface area contributed by atoms with Crippen molar-refractivity contribution in [2.75, 3.05) is 32.1 Å². The molecular formula is C19H22F3N5O2S. The van der Waals surface area contributed by atoms with E-state index in [0.717, 1.165) is 17.0 Å². The Morgan fingerprint density at radius 3 is 2.60 bits per heavy atom. The van der Waals surface area contributed by atoms with Gasteiger partial charge in [0.15, 0.2) is 5.13 Å². The van der Waals surface area contributed by atoms with Crippen LogP contribution in [0.5, 0.6) is 5.75 Å². The van der Waals surface area contributed by atoms with Gasteiger partial charge in [-0.2, -0.15) is 5.10 Å². The van der Waals surface area contributed by atoms with E-state index >= 15 is 0 Å². The number of carbonyl (C=O) groups excluding carboxylic acids is 1. The molecule has 0 saturated heterocycles. The molecule has 1 amide bonds. The van der Waals surface area contributed by atoms with Crippen molar-refractivity contribution in [2.24, 2.45) is 0 Å². The maximum atomic E-state index is 13.3. The van der Waals surface area contributed by atoms with Crippen molar-refractivity contribution in [2.45, 2.75) is 26.8 Å². The van der Waals surface area contributed by atoms with E-state index in [-0.39, 0.29) is 11.7 Å². The first kappa shape index (κ1) is 22.0. The number of likely N-dealkylation sites (N-methyl/N-ethyl adjacent to an activating group) is 1. The fraction of sp³-hybridized carbons (Fsp3) is 0.421. The number of amides is 1. The maximum Gasteiger partial charge on any atom is 0.573 e. The number of aromatic nitrogens is 3. The molecule has 2 heterocycles. The monoisotopic (exact) mass is 441 g/mol. The number of fused-ring (bicyclic) bond motifs is 1. The van der Waals surface area contributed by atoms with E-state index in [1.165, 1.54) is 23.1 Å². The summed E-state index contributed by atoms with van der Waals surface area (Å²) in [6.07, 6.45) is -4.77. The van der Waals surface area contributed by atoms with Crippen LogP contribution in [0.2, 0.25) is 0 Å². The second-order valence-corrected chi connectivity index (χ2v) is 7.93. The molecule has 0 saturated carbocycles. The third kappa shape index (κ3) is 5.08. The second kappa shape index (κ2) is 8.60. The molecule has 3 rings (SSSR count). The van der Waals surface area contributed by atoms with Gasteiger partial charge in [-0.15, -0.1) is 13.2 Å². The number of benzene rings is 1. The second-order valence-electron chi connectivity index (χ2n) is 6.92. The Labute approximate surface area is 175 Å². The van der Waals surface area contributed by atoms with Crippen LogP contribution in [0.1, 0.15) is 23.1 Å². The van der Waals surface area contributed by atoms with Gasteiger partial charge in [-0.1, -0.05) is 11.3 Å². The van der Waals surface area contributed by atoms with Crippen LogP contribution in [0, 0.1) is 6.92 Å². The number of hydrogen-bond donors (Lipinski definition) is 0. The van der Waals surface area contributed by atoms with Gasteiger partial charge in [0.2, 0.25) is 0 Å². The van der Waals surface area contributed by atoms with Crippen LogP contribution in [0.3, 0.4) is 0 Å². The normalized spacial score (nSPS) is 12.0. The topological polar surface area (TPSA) is 63.5 Å². The van der Waals surface area contributed by atoms with Crippen molar-refractivity contribution in [1.82, 2.24) is 19.7 Å². The predicted molar refractivity (Wildman–Crippen MR) is 109 cm³/mol. The molecule has 0 aliphatic carbocycles. The quantitative estimate of drug-likeness (QED) is 0.556. The van der Waals surface area contributed by atoms with Crippen molar-refractivity contribution < 1.29 is 22.7 Å². The van der Waals surface area contributed by atoms with Gasteiger partial charge in [-0.05, 0) is 46.1 Å². The van der Waals surface area contributed by atoms with E-state index in [9.17, 15) is 18.0 Å². The number of hydrogen-bond acceptors (Lipinski definition) is 6. The standard InChI is InChI=1S/C19H22F3N5O2S/c1-5-27-15(10-12(2)24-27)17(28)26(9-8-25(3)4)18-23-14-7-6-13(11-16(14)30-18)29-19(20,21)22/h6-7,10-11H,5,8-9H2,1-4H3. The number of thiazole rings is 1. The SMILES string of the molecule is CCn1nc(C)cc1C(=O)N(CCN(C)C)c1nc2ccc(OC(F)(F)F)cc2s1. The Bertz CT molecular complexity index is 1040. The zero-order chi connectivity index (χ0) is 22.1. The Balaban J connectivity index is 1.98. The zero-order valence-corrected chi connectivity index (χ0v) is 17.8. The first-order valence-electron chi connectivity index (χ1n) is 9.24. The van der Waals surface area contributed by atoms with Crippen LogP contribution < -0.4 is 9.64 Å². The Morgan fingerprint density at radius 1 is 1.23 bits per heavy atom. The van der Waals surface area contributed by atoms with Gasteiger partial charge in [0.25, 0.3) is 5.91 Å². The molecule has 3 aromatic rings. The van der Waals surface area contributed by atoms with Crippen LogP contribution in [-0.4, -0.2) is 59.1 Å². The summed E-state index contributed by atoms with van der Waals surface area (Å²) in [5.74, 6) is -0.582. The van der Waals surface area contributed by atoms with Crippen molar-refractivity contribution >= 4 is 32.6 Å². The number of aryl methyl sites for hydroxylation is 2. The number of ether oxygens (including phenoxy) is 1. The van der Waals surface area contributed by atoms with Crippen molar-refractivity contribution in [1.29, 1.82) is 0 Å². The van der Waals surface area contributed by atoms with E-state index in [1.807, 2.05) is 32.8 Å². The summed E-state index contributed by atoms with van der Waals surface area (Å²) in [7, 11) is 3.78. The smallest absolute Gasteiger partial charge is 0.406 e. The summed E-state index contributed by atoms with van der Waals surface area (Å²) in [6, 6.07) is 5.66. The molecule has 0 fully saturated rings. The molecule has 0 N–H and O–H groups in total. The summed E-state index contributed by atoms with van der Waals surface area (Å²) in [5.41, 5.74) is 1.66. The molecule has 2 aromatic heterocycles. The van der Waals surface area contributed by atoms with Crippen LogP contribution >= 0.6 is 11.3 Å². The molecule has 0 bridgehead atoms. The molecule has 0 unspecified atom stereocenters. The Kier molecular flexibility index (Phi) is 6.32. The molecule has 11 heteroatoms. The fourth-order valence-corrected chi connectivity index (χ4v) is 3.90. The van der Waals surface area contributed by atoms with Gasteiger partial charge in [0.05, 0.1) is 15.9 Å². The highest BCUT2D eigenvalue weighted by Crippen LogP contribution is 2.33. The molecule has 0 spiro atoms. The molecule has 0 atom stereocenters. The van der Waals surface area contributed by atoms with E-state index < -0.39 is 6.36 Å². The van der Waals surface area contributed by atoms with Gasteiger partial charge < -0.3 is 9.64 Å². The molecule has 1 aromatic carbocycles. The molecular weight excluding hydrogens is 419 g/mol. The third-order valence-corrected chi connectivity index (χ3v) is 5.29. The average Bonchev–Trinajstić information content (AvgIpc) is 3.22. The first-order valence-corrected chi connectivity index (χ1v) is 10.1. The van der Waals surface area contributed by atoms with Crippen LogP contribution in [0.15, 0.2) is 24.3 Å². The number of nitrogens with zero attached hydrogens (tertiary/aromatic N) is 5. The van der Waals surface area contributed by atoms with Crippen molar-refractivity contribution in [3.63, 3.8) is 0 Å². The zero-order valence-electron chi connectivity index (χ0n) is 17.0. The lowest BCUT2D eigenvalue weighted by molar-refractivity contribution is -0.274. The Morgan fingerprint density at radius 2 is 1.97 bits per heavy atom. The molecule has 0 aliphatic rings. The Hall–Kier alpha value is -2.66. The van der Waals surface area contributed by atoms with E-state index in [1.54, 1.807) is 10.7 Å². The lowest BCUT2D eigenvalue weighted by Gasteiger charge is -2.22. The number of halogens is 3. The fourth-order valence-electron chi connectivity index (χ4n) is 2.89. The first-order chi connectivity index (χ1) is 14.1. The van der Waals surface area contributed by atoms with Gasteiger partial charge in [-0.3, -0.25) is 14.4 Å². The molecule has 30 heavy (non-hydrogen) atoms. The minimum absolute atomic E-state index is 0.259. The van der Waals surface area contributed by atoms with Gasteiger partial charge in [0.1, 0.15) is 11.4 Å². The predicted octanol–water partition coefficient (Wildman–Crippen LogP) is 3.93. The van der Waals surface area contributed by atoms with Crippen LogP contribution in [0.25, 0.3) is 10.2 Å². The van der Waals surface area contributed by atoms with E-state index in [0.29, 0.717) is 40.7 Å². The van der Waals surface area contributed by atoms with Crippen molar-refractivity contribution in [3.05, 3.63) is 35.7 Å². The largest absolute Gasteiger partial charge is 0.573 e. The average molecular weight is 441 g/mol. The summed E-state index contributed by atoms with van der Waals surface area (Å²) in [6.45, 7) is 5.20. The highest BCUT2D eigenvalue weighted by Gasteiger charge is 2.31. The van der Waals surface area contributed by atoms with E-state index in [2.05, 4.69) is 14.8 Å². The highest BCUT2D eigenvalue weighted by atomic mass is 32.1. The third-order valence-electron chi connectivity index (χ3n) is 4.25. The van der Waals surface area contributed by atoms with Crippen LogP contribution in [-0.2, 0) is 6.54 Å². The number of carbonyl (C=O) groups is 1. The summed E-state index contributed by atoms with van der Waals surface area (Å²) < 4.78 is 43.7. The maximum absolute atomic E-state index is 13.3.